The summed E-state index contributed by atoms with van der Waals surface area (Å²) in [6.45, 7) is 0. The molecule has 0 aliphatic carbocycles. The second kappa shape index (κ2) is 11.8. The lowest BCUT2D eigenvalue weighted by atomic mass is 9.98. The highest BCUT2D eigenvalue weighted by Gasteiger charge is 2.22. The van der Waals surface area contributed by atoms with E-state index in [-0.39, 0.29) is 0 Å². The molecule has 5 nitrogen and oxygen atoms in total. The van der Waals surface area contributed by atoms with Gasteiger partial charge >= 0.3 is 0 Å². The highest BCUT2D eigenvalue weighted by atomic mass is 15.0. The third-order valence-corrected chi connectivity index (χ3v) is 11.1. The standard InChI is InChI=1S/C50H29N5/c51-30-32-21-25-48-41(27-32)38-14-4-9-19-46(38)54(48)47-20-10-5-15-39(47)42-28-33(31-52)22-26-49(42)55-45-18-8-3-13-37(45)40-24-23-34(29-50(40)55)53-43-16-6-1-11-35(43)36-12-2-7-17-44(36)53/h1-29H. The van der Waals surface area contributed by atoms with Crippen molar-refractivity contribution in [2.45, 2.75) is 0 Å². The fourth-order valence-electron chi connectivity index (χ4n) is 8.77. The van der Waals surface area contributed by atoms with E-state index in [1.807, 2.05) is 36.4 Å². The number of aromatic nitrogens is 3. The molecule has 0 spiro atoms. The molecular formula is C50H29N5. The Morgan fingerprint density at radius 3 is 1.40 bits per heavy atom. The Kier molecular flexibility index (Phi) is 6.61. The molecule has 3 aromatic heterocycles. The first-order chi connectivity index (χ1) is 27.2. The quantitative estimate of drug-likeness (QED) is 0.184. The van der Waals surface area contributed by atoms with E-state index in [0.29, 0.717) is 11.1 Å². The molecule has 3 heterocycles. The average Bonchev–Trinajstić information content (AvgIpc) is 3.88. The van der Waals surface area contributed by atoms with Crippen LogP contribution in [-0.4, -0.2) is 13.7 Å². The van der Waals surface area contributed by atoms with Crippen LogP contribution in [0.5, 0.6) is 0 Å². The van der Waals surface area contributed by atoms with Gasteiger partial charge in [-0.15, -0.1) is 0 Å². The lowest BCUT2D eigenvalue weighted by molar-refractivity contribution is 1.15. The number of fused-ring (bicyclic) bond motifs is 9. The molecule has 0 fully saturated rings. The lowest BCUT2D eigenvalue weighted by Gasteiger charge is -2.19. The third kappa shape index (κ3) is 4.45. The summed E-state index contributed by atoms with van der Waals surface area (Å²) in [6, 6.07) is 66.0. The van der Waals surface area contributed by atoms with Gasteiger partial charge in [0.05, 0.1) is 67.7 Å². The minimum atomic E-state index is 0.584. The number of hydrogen-bond acceptors (Lipinski definition) is 2. The average molecular weight is 700 g/mol. The van der Waals surface area contributed by atoms with Gasteiger partial charge in [-0.2, -0.15) is 10.5 Å². The van der Waals surface area contributed by atoms with E-state index in [1.54, 1.807) is 0 Å². The lowest BCUT2D eigenvalue weighted by Crippen LogP contribution is -2.02. The van der Waals surface area contributed by atoms with E-state index in [2.05, 4.69) is 165 Å². The van der Waals surface area contributed by atoms with Crippen molar-refractivity contribution in [1.82, 2.24) is 13.7 Å². The molecule has 254 valence electrons. The molecule has 0 unspecified atom stereocenters. The van der Waals surface area contributed by atoms with E-state index < -0.39 is 0 Å². The monoisotopic (exact) mass is 699 g/mol. The molecular weight excluding hydrogens is 671 g/mol. The smallest absolute Gasteiger partial charge is 0.0991 e. The van der Waals surface area contributed by atoms with Crippen molar-refractivity contribution in [3.8, 4) is 40.3 Å². The van der Waals surface area contributed by atoms with E-state index in [4.69, 9.17) is 0 Å². The van der Waals surface area contributed by atoms with Gasteiger partial charge in [-0.3, -0.25) is 0 Å². The van der Waals surface area contributed by atoms with Gasteiger partial charge in [0.15, 0.2) is 0 Å². The van der Waals surface area contributed by atoms with Crippen LogP contribution in [0.3, 0.4) is 0 Å². The first-order valence-corrected chi connectivity index (χ1v) is 18.3. The predicted octanol–water partition coefficient (Wildman–Crippen LogP) is 12.4. The van der Waals surface area contributed by atoms with Crippen molar-refractivity contribution in [3.05, 3.63) is 187 Å². The van der Waals surface area contributed by atoms with Crippen LogP contribution in [0.2, 0.25) is 0 Å². The van der Waals surface area contributed by atoms with Crippen LogP contribution < -0.4 is 0 Å². The minimum absolute atomic E-state index is 0.584. The summed E-state index contributed by atoms with van der Waals surface area (Å²) in [7, 11) is 0. The molecule has 0 atom stereocenters. The summed E-state index contributed by atoms with van der Waals surface area (Å²) in [5.41, 5.74) is 12.7. The number of nitrogens with zero attached hydrogens (tertiary/aromatic N) is 5. The van der Waals surface area contributed by atoms with Crippen LogP contribution in [0, 0.1) is 22.7 Å². The maximum Gasteiger partial charge on any atom is 0.0991 e. The first-order valence-electron chi connectivity index (χ1n) is 18.3. The van der Waals surface area contributed by atoms with Crippen LogP contribution in [0.25, 0.3) is 93.6 Å². The number of rotatable bonds is 4. The van der Waals surface area contributed by atoms with Crippen LogP contribution in [0.15, 0.2) is 176 Å². The van der Waals surface area contributed by atoms with E-state index in [1.165, 1.54) is 10.8 Å². The van der Waals surface area contributed by atoms with Crippen LogP contribution >= 0.6 is 0 Å². The highest BCUT2D eigenvalue weighted by Crippen LogP contribution is 2.42. The van der Waals surface area contributed by atoms with Crippen molar-refractivity contribution in [2.75, 3.05) is 0 Å². The summed E-state index contributed by atoms with van der Waals surface area (Å²) in [4.78, 5) is 0. The fraction of sp³-hybridized carbons (Fsp3) is 0. The second-order valence-electron chi connectivity index (χ2n) is 14.0. The molecule has 11 rings (SSSR count). The molecule has 0 aliphatic heterocycles. The summed E-state index contributed by atoms with van der Waals surface area (Å²) in [6.07, 6.45) is 0. The van der Waals surface area contributed by atoms with Gasteiger partial charge in [0.2, 0.25) is 0 Å². The number of hydrogen-bond donors (Lipinski definition) is 0. The summed E-state index contributed by atoms with van der Waals surface area (Å²) in [5.74, 6) is 0. The number of nitriles is 2. The maximum atomic E-state index is 10.3. The Hall–Kier alpha value is -7.86. The van der Waals surface area contributed by atoms with Gasteiger partial charge < -0.3 is 13.7 Å². The summed E-state index contributed by atoms with van der Waals surface area (Å²) >= 11 is 0. The summed E-state index contributed by atoms with van der Waals surface area (Å²) < 4.78 is 7.01. The Balaban J connectivity index is 1.22. The zero-order chi connectivity index (χ0) is 36.6. The SMILES string of the molecule is N#Cc1ccc(-n2c3ccccc3c3ccc(-n4c5ccccc5c5ccccc54)cc32)c(-c2ccccc2-n2c3ccccc3c3cc(C#N)ccc32)c1. The highest BCUT2D eigenvalue weighted by molar-refractivity contribution is 6.13. The maximum absolute atomic E-state index is 10.3. The van der Waals surface area contributed by atoms with Crippen molar-refractivity contribution in [1.29, 1.82) is 10.5 Å². The van der Waals surface area contributed by atoms with Gasteiger partial charge in [-0.25, -0.2) is 0 Å². The van der Waals surface area contributed by atoms with Gasteiger partial charge in [-0.05, 0) is 78.9 Å². The van der Waals surface area contributed by atoms with Gasteiger partial charge in [0, 0.05) is 49.1 Å². The van der Waals surface area contributed by atoms with Crippen LogP contribution in [-0.2, 0) is 0 Å². The van der Waals surface area contributed by atoms with Crippen molar-refractivity contribution >= 4 is 65.4 Å². The Morgan fingerprint density at radius 1 is 0.309 bits per heavy atom. The van der Waals surface area contributed by atoms with E-state index >= 15 is 0 Å². The summed E-state index contributed by atoms with van der Waals surface area (Å²) in [5, 5.41) is 26.9. The third-order valence-electron chi connectivity index (χ3n) is 11.1. The Labute approximate surface area is 316 Å². The normalized spacial score (nSPS) is 11.6. The van der Waals surface area contributed by atoms with Crippen molar-refractivity contribution < 1.29 is 0 Å². The largest absolute Gasteiger partial charge is 0.309 e. The van der Waals surface area contributed by atoms with Crippen molar-refractivity contribution in [2.24, 2.45) is 0 Å². The van der Waals surface area contributed by atoms with Gasteiger partial charge in [0.25, 0.3) is 0 Å². The Morgan fingerprint density at radius 2 is 0.764 bits per heavy atom. The molecule has 11 aromatic rings. The first kappa shape index (κ1) is 30.7. The fourth-order valence-corrected chi connectivity index (χ4v) is 8.77. The number of benzene rings is 8. The molecule has 5 heteroatoms. The molecule has 0 bridgehead atoms. The minimum Gasteiger partial charge on any atom is -0.309 e. The molecule has 8 aromatic carbocycles. The van der Waals surface area contributed by atoms with Gasteiger partial charge in [0.1, 0.15) is 0 Å². The van der Waals surface area contributed by atoms with E-state index in [0.717, 1.165) is 82.8 Å². The zero-order valence-corrected chi connectivity index (χ0v) is 29.5. The van der Waals surface area contributed by atoms with Crippen LogP contribution in [0.4, 0.5) is 0 Å². The molecule has 0 saturated heterocycles. The molecule has 0 aliphatic rings. The molecule has 0 radical (unpaired) electrons. The molecule has 0 saturated carbocycles. The zero-order valence-electron chi connectivity index (χ0n) is 29.5. The second-order valence-corrected chi connectivity index (χ2v) is 14.0. The topological polar surface area (TPSA) is 62.4 Å². The van der Waals surface area contributed by atoms with E-state index in [9.17, 15) is 10.5 Å². The van der Waals surface area contributed by atoms with Crippen molar-refractivity contribution in [3.63, 3.8) is 0 Å². The van der Waals surface area contributed by atoms with Crippen LogP contribution in [0.1, 0.15) is 11.1 Å². The molecule has 55 heavy (non-hydrogen) atoms. The number of para-hydroxylation sites is 5. The molecule has 0 amide bonds. The molecule has 0 N–H and O–H groups in total. The predicted molar refractivity (Wildman–Crippen MR) is 224 cm³/mol. The Bertz CT molecular complexity index is 3420. The van der Waals surface area contributed by atoms with Gasteiger partial charge in [-0.1, -0.05) is 97.1 Å².